The molecule has 112 valence electrons. The van der Waals surface area contributed by atoms with E-state index < -0.39 is 23.7 Å². The second kappa shape index (κ2) is 4.68. The Hall–Kier alpha value is -1.66. The summed E-state index contributed by atoms with van der Waals surface area (Å²) < 4.78 is 14.3. The van der Waals surface area contributed by atoms with Crippen LogP contribution in [-0.2, 0) is 15.0 Å². The molecule has 1 saturated heterocycles. The number of hydrogen-bond donors (Lipinski definition) is 2. The second-order valence-corrected chi connectivity index (χ2v) is 5.89. The predicted molar refractivity (Wildman–Crippen MR) is 74.7 cm³/mol. The molecule has 2 N–H and O–H groups in total. The Morgan fingerprint density at radius 1 is 1.62 bits per heavy atom. The van der Waals surface area contributed by atoms with Gasteiger partial charge < -0.3 is 15.3 Å². The van der Waals surface area contributed by atoms with Gasteiger partial charge in [0, 0.05) is 23.7 Å². The molecule has 1 atom stereocenters. The summed E-state index contributed by atoms with van der Waals surface area (Å²) in [7, 11) is 0. The number of halogens is 2. The molecule has 2 heterocycles. The van der Waals surface area contributed by atoms with E-state index in [4.69, 9.17) is 16.7 Å². The van der Waals surface area contributed by atoms with Crippen molar-refractivity contribution in [1.29, 1.82) is 0 Å². The Bertz CT molecular complexity index is 664. The molecule has 2 amide bonds. The standard InChI is InChI=1S/C14H14ClFN2O3/c1-7-9(15)4-8-12(11(7)16)17-13(21)14(8)2-3-18(6-14)10(20)5-19/h4,19H,2-3,5-6H2,1H3,(H,17,21)/t14-/m1/s1. The Labute approximate surface area is 125 Å². The Morgan fingerprint density at radius 3 is 3.00 bits per heavy atom. The van der Waals surface area contributed by atoms with Crippen LogP contribution in [0.3, 0.4) is 0 Å². The zero-order valence-electron chi connectivity index (χ0n) is 11.4. The maximum absolute atomic E-state index is 14.3. The van der Waals surface area contributed by atoms with E-state index in [0.29, 0.717) is 18.5 Å². The van der Waals surface area contributed by atoms with Gasteiger partial charge in [-0.1, -0.05) is 11.6 Å². The van der Waals surface area contributed by atoms with Crippen LogP contribution in [0.2, 0.25) is 5.02 Å². The quantitative estimate of drug-likeness (QED) is 0.819. The third kappa shape index (κ3) is 1.86. The first-order valence-corrected chi connectivity index (χ1v) is 6.97. The smallest absolute Gasteiger partial charge is 0.248 e. The van der Waals surface area contributed by atoms with E-state index in [9.17, 15) is 14.0 Å². The molecular weight excluding hydrogens is 299 g/mol. The van der Waals surface area contributed by atoms with Crippen LogP contribution in [-0.4, -0.2) is 41.5 Å². The SMILES string of the molecule is Cc1c(Cl)cc2c(c1F)NC(=O)[C@@]21CCN(C(=O)CO)C1. The van der Waals surface area contributed by atoms with Crippen molar-refractivity contribution >= 4 is 29.1 Å². The van der Waals surface area contributed by atoms with E-state index >= 15 is 0 Å². The molecule has 0 aliphatic carbocycles. The molecule has 0 saturated carbocycles. The third-order valence-corrected chi connectivity index (χ3v) is 4.79. The molecule has 0 bridgehead atoms. The molecule has 1 aromatic carbocycles. The molecule has 2 aliphatic heterocycles. The van der Waals surface area contributed by atoms with Crippen LogP contribution in [0.15, 0.2) is 6.07 Å². The fraction of sp³-hybridized carbons (Fsp3) is 0.429. The van der Waals surface area contributed by atoms with Gasteiger partial charge in [0.15, 0.2) is 5.82 Å². The first kappa shape index (κ1) is 14.3. The highest BCUT2D eigenvalue weighted by Gasteiger charge is 2.53. The van der Waals surface area contributed by atoms with Gasteiger partial charge in [0.25, 0.3) is 0 Å². The Kier molecular flexibility index (Phi) is 3.18. The first-order chi connectivity index (χ1) is 9.90. The zero-order chi connectivity index (χ0) is 15.4. The minimum absolute atomic E-state index is 0.129. The lowest BCUT2D eigenvalue weighted by molar-refractivity contribution is -0.133. The van der Waals surface area contributed by atoms with Crippen LogP contribution in [0, 0.1) is 12.7 Å². The van der Waals surface area contributed by atoms with Gasteiger partial charge in [0.05, 0.1) is 11.1 Å². The number of amides is 2. The zero-order valence-corrected chi connectivity index (χ0v) is 12.1. The summed E-state index contributed by atoms with van der Waals surface area (Å²) in [6.07, 6.45) is 0.385. The van der Waals surface area contributed by atoms with Crippen LogP contribution in [0.1, 0.15) is 17.5 Å². The van der Waals surface area contributed by atoms with Crippen molar-refractivity contribution in [3.05, 3.63) is 28.0 Å². The molecule has 5 nitrogen and oxygen atoms in total. The van der Waals surface area contributed by atoms with Crippen LogP contribution in [0.25, 0.3) is 0 Å². The topological polar surface area (TPSA) is 69.6 Å². The van der Waals surface area contributed by atoms with Gasteiger partial charge in [-0.2, -0.15) is 0 Å². The van der Waals surface area contributed by atoms with Crippen molar-refractivity contribution in [2.75, 3.05) is 25.0 Å². The minimum Gasteiger partial charge on any atom is -0.387 e. The Morgan fingerprint density at radius 2 is 2.33 bits per heavy atom. The number of likely N-dealkylation sites (tertiary alicyclic amines) is 1. The van der Waals surface area contributed by atoms with Crippen LogP contribution in [0.5, 0.6) is 0 Å². The summed E-state index contributed by atoms with van der Waals surface area (Å²) in [5, 5.41) is 11.8. The molecule has 0 radical (unpaired) electrons. The number of anilines is 1. The van der Waals surface area contributed by atoms with E-state index in [1.165, 1.54) is 4.90 Å². The molecule has 21 heavy (non-hydrogen) atoms. The molecular formula is C14H14ClFN2O3. The highest BCUT2D eigenvalue weighted by molar-refractivity contribution is 6.31. The largest absolute Gasteiger partial charge is 0.387 e. The number of carbonyl (C=O) groups is 2. The van der Waals surface area contributed by atoms with Crippen LogP contribution in [0.4, 0.5) is 10.1 Å². The lowest BCUT2D eigenvalue weighted by Crippen LogP contribution is -2.40. The summed E-state index contributed by atoms with van der Waals surface area (Å²) in [6, 6.07) is 1.60. The molecule has 0 unspecified atom stereocenters. The van der Waals surface area contributed by atoms with Gasteiger partial charge in [-0.15, -0.1) is 0 Å². The molecule has 3 rings (SSSR count). The molecule has 1 fully saturated rings. The highest BCUT2D eigenvalue weighted by atomic mass is 35.5. The molecule has 1 aromatic rings. The highest BCUT2D eigenvalue weighted by Crippen LogP contribution is 2.47. The van der Waals surface area contributed by atoms with Crippen molar-refractivity contribution in [1.82, 2.24) is 4.90 Å². The van der Waals surface area contributed by atoms with Gasteiger partial charge >= 0.3 is 0 Å². The van der Waals surface area contributed by atoms with E-state index in [-0.39, 0.29) is 28.7 Å². The van der Waals surface area contributed by atoms with E-state index in [1.54, 1.807) is 13.0 Å². The summed E-state index contributed by atoms with van der Waals surface area (Å²) in [5.74, 6) is -1.30. The number of carbonyl (C=O) groups excluding carboxylic acids is 2. The Balaban J connectivity index is 2.08. The monoisotopic (exact) mass is 312 g/mol. The van der Waals surface area contributed by atoms with E-state index in [0.717, 1.165) is 0 Å². The average Bonchev–Trinajstić information content (AvgIpc) is 3.02. The number of rotatable bonds is 1. The lowest BCUT2D eigenvalue weighted by Gasteiger charge is -2.22. The van der Waals surface area contributed by atoms with Gasteiger partial charge in [-0.25, -0.2) is 4.39 Å². The number of nitrogens with zero attached hydrogens (tertiary/aromatic N) is 1. The van der Waals surface area contributed by atoms with Gasteiger partial charge in [-0.05, 0) is 25.0 Å². The normalized spacial score (nSPS) is 23.6. The second-order valence-electron chi connectivity index (χ2n) is 5.48. The van der Waals surface area contributed by atoms with Crippen molar-refractivity contribution in [2.24, 2.45) is 0 Å². The van der Waals surface area contributed by atoms with Crippen molar-refractivity contribution in [3.63, 3.8) is 0 Å². The van der Waals surface area contributed by atoms with Crippen LogP contribution < -0.4 is 5.32 Å². The fourth-order valence-corrected chi connectivity index (χ4v) is 3.29. The summed E-state index contributed by atoms with van der Waals surface area (Å²) in [4.78, 5) is 25.4. The maximum atomic E-state index is 14.3. The van der Waals surface area contributed by atoms with Crippen molar-refractivity contribution < 1.29 is 19.1 Å². The summed E-state index contributed by atoms with van der Waals surface area (Å²) in [6.45, 7) is 1.42. The van der Waals surface area contributed by atoms with Crippen molar-refractivity contribution in [2.45, 2.75) is 18.8 Å². The first-order valence-electron chi connectivity index (χ1n) is 6.60. The lowest BCUT2D eigenvalue weighted by atomic mass is 9.80. The molecule has 7 heteroatoms. The van der Waals surface area contributed by atoms with Crippen LogP contribution >= 0.6 is 11.6 Å². The van der Waals surface area contributed by atoms with E-state index in [2.05, 4.69) is 5.32 Å². The number of aliphatic hydroxyl groups excluding tert-OH is 1. The van der Waals surface area contributed by atoms with Gasteiger partial charge in [0.1, 0.15) is 6.61 Å². The number of fused-ring (bicyclic) bond motifs is 2. The fourth-order valence-electron chi connectivity index (χ4n) is 3.10. The minimum atomic E-state index is -0.974. The average molecular weight is 313 g/mol. The van der Waals surface area contributed by atoms with E-state index in [1.807, 2.05) is 0 Å². The van der Waals surface area contributed by atoms with Gasteiger partial charge in [0.2, 0.25) is 11.8 Å². The number of hydrogen-bond acceptors (Lipinski definition) is 3. The summed E-state index contributed by atoms with van der Waals surface area (Å²) >= 11 is 6.03. The summed E-state index contributed by atoms with van der Waals surface area (Å²) in [5.41, 5.74) is -0.0404. The molecule has 2 aliphatic rings. The predicted octanol–water partition coefficient (Wildman–Crippen LogP) is 1.20. The van der Waals surface area contributed by atoms with Crippen molar-refractivity contribution in [3.8, 4) is 0 Å². The molecule has 0 aromatic heterocycles. The number of aliphatic hydroxyl groups is 1. The third-order valence-electron chi connectivity index (χ3n) is 4.39. The number of nitrogens with one attached hydrogen (secondary N) is 1. The molecule has 1 spiro atoms. The number of benzene rings is 1. The maximum Gasteiger partial charge on any atom is 0.248 e. The van der Waals surface area contributed by atoms with Gasteiger partial charge in [-0.3, -0.25) is 9.59 Å².